The number of aryl methyl sites for hydroxylation is 1. The number of aromatic nitrogens is 2. The third-order valence-electron chi connectivity index (χ3n) is 2.72. The summed E-state index contributed by atoms with van der Waals surface area (Å²) in [5, 5.41) is 9.43. The van der Waals surface area contributed by atoms with Crippen molar-refractivity contribution in [3.8, 4) is 0 Å². The van der Waals surface area contributed by atoms with E-state index >= 15 is 0 Å². The van der Waals surface area contributed by atoms with Gasteiger partial charge in [-0.25, -0.2) is 4.39 Å². The van der Waals surface area contributed by atoms with E-state index in [0.717, 1.165) is 6.54 Å². The maximum atomic E-state index is 13.5. The largest absolute Gasteiger partial charge is 0.385 e. The molecule has 1 amide bonds. The van der Waals surface area contributed by atoms with Gasteiger partial charge in [-0.2, -0.15) is 5.10 Å². The zero-order chi connectivity index (χ0) is 13.8. The smallest absolute Gasteiger partial charge is 0.257 e. The van der Waals surface area contributed by atoms with Gasteiger partial charge < -0.3 is 10.6 Å². The van der Waals surface area contributed by atoms with Crippen molar-refractivity contribution in [2.45, 2.75) is 13.5 Å². The molecule has 6 heteroatoms. The van der Waals surface area contributed by atoms with E-state index in [4.69, 9.17) is 0 Å². The molecule has 1 heterocycles. The zero-order valence-corrected chi connectivity index (χ0v) is 10.8. The van der Waals surface area contributed by atoms with Gasteiger partial charge in [-0.3, -0.25) is 9.48 Å². The first-order valence-corrected chi connectivity index (χ1v) is 5.95. The lowest BCUT2D eigenvalue weighted by Gasteiger charge is -2.09. The van der Waals surface area contributed by atoms with Gasteiger partial charge in [0.25, 0.3) is 5.91 Å². The standard InChI is InChI=1S/C13H15FN4O/c1-3-18-8-9(7-16-18)17-13(19)10-5-4-6-11(14)12(10)15-2/h4-8,15H,3H2,1-2H3,(H,17,19). The lowest BCUT2D eigenvalue weighted by molar-refractivity contribution is 0.102. The van der Waals surface area contributed by atoms with Crippen LogP contribution in [0.1, 0.15) is 17.3 Å². The summed E-state index contributed by atoms with van der Waals surface area (Å²) in [6.07, 6.45) is 3.27. The number of carbonyl (C=O) groups excluding carboxylic acids is 1. The van der Waals surface area contributed by atoms with Crippen LogP contribution in [0.5, 0.6) is 0 Å². The summed E-state index contributed by atoms with van der Waals surface area (Å²) in [5.74, 6) is -0.834. The summed E-state index contributed by atoms with van der Waals surface area (Å²) in [6.45, 7) is 2.67. The van der Waals surface area contributed by atoms with Crippen LogP contribution in [0.15, 0.2) is 30.6 Å². The normalized spacial score (nSPS) is 10.3. The van der Waals surface area contributed by atoms with Crippen molar-refractivity contribution in [3.63, 3.8) is 0 Å². The Kier molecular flexibility index (Phi) is 3.79. The lowest BCUT2D eigenvalue weighted by Crippen LogP contribution is -2.14. The highest BCUT2D eigenvalue weighted by Gasteiger charge is 2.14. The van der Waals surface area contributed by atoms with Crippen molar-refractivity contribution in [1.29, 1.82) is 0 Å². The van der Waals surface area contributed by atoms with Crippen LogP contribution in [0.2, 0.25) is 0 Å². The number of rotatable bonds is 4. The molecule has 1 aromatic heterocycles. The minimum atomic E-state index is -0.459. The van der Waals surface area contributed by atoms with E-state index in [-0.39, 0.29) is 17.2 Å². The third kappa shape index (κ3) is 2.73. The number of carbonyl (C=O) groups is 1. The van der Waals surface area contributed by atoms with Crippen LogP contribution in [0.3, 0.4) is 0 Å². The van der Waals surface area contributed by atoms with E-state index in [1.165, 1.54) is 12.1 Å². The quantitative estimate of drug-likeness (QED) is 0.889. The molecule has 0 bridgehead atoms. The van der Waals surface area contributed by atoms with Crippen LogP contribution in [-0.4, -0.2) is 22.7 Å². The van der Waals surface area contributed by atoms with Crippen molar-refractivity contribution < 1.29 is 9.18 Å². The molecule has 0 saturated heterocycles. The van der Waals surface area contributed by atoms with Gasteiger partial charge in [0.2, 0.25) is 0 Å². The van der Waals surface area contributed by atoms with Gasteiger partial charge in [0.1, 0.15) is 5.82 Å². The molecule has 2 aromatic rings. The predicted molar refractivity (Wildman–Crippen MR) is 71.8 cm³/mol. The number of hydrogen-bond acceptors (Lipinski definition) is 3. The van der Waals surface area contributed by atoms with Crippen molar-refractivity contribution in [3.05, 3.63) is 42.0 Å². The first-order chi connectivity index (χ1) is 9.15. The average Bonchev–Trinajstić information content (AvgIpc) is 2.86. The molecule has 0 aliphatic heterocycles. The van der Waals surface area contributed by atoms with Crippen molar-refractivity contribution in [1.82, 2.24) is 9.78 Å². The Morgan fingerprint density at radius 2 is 2.26 bits per heavy atom. The Bertz CT molecular complexity index is 594. The topological polar surface area (TPSA) is 59.0 Å². The second-order valence-corrected chi connectivity index (χ2v) is 3.95. The summed E-state index contributed by atoms with van der Waals surface area (Å²) in [5.41, 5.74) is 1.02. The van der Waals surface area contributed by atoms with Gasteiger partial charge in [0.05, 0.1) is 23.1 Å². The van der Waals surface area contributed by atoms with E-state index in [1.54, 1.807) is 30.2 Å². The van der Waals surface area contributed by atoms with Gasteiger partial charge in [-0.05, 0) is 19.1 Å². The van der Waals surface area contributed by atoms with Gasteiger partial charge in [0, 0.05) is 19.8 Å². The van der Waals surface area contributed by atoms with E-state index in [1.807, 2.05) is 6.92 Å². The number of nitrogens with zero attached hydrogens (tertiary/aromatic N) is 2. The fourth-order valence-corrected chi connectivity index (χ4v) is 1.77. The number of para-hydroxylation sites is 1. The van der Waals surface area contributed by atoms with E-state index in [0.29, 0.717) is 5.69 Å². The molecule has 0 radical (unpaired) electrons. The highest BCUT2D eigenvalue weighted by molar-refractivity contribution is 6.08. The zero-order valence-electron chi connectivity index (χ0n) is 10.8. The molecular formula is C13H15FN4O. The highest BCUT2D eigenvalue weighted by Crippen LogP contribution is 2.20. The Morgan fingerprint density at radius 1 is 1.47 bits per heavy atom. The number of nitrogens with one attached hydrogen (secondary N) is 2. The van der Waals surface area contributed by atoms with E-state index < -0.39 is 5.82 Å². The third-order valence-corrected chi connectivity index (χ3v) is 2.72. The van der Waals surface area contributed by atoms with Crippen molar-refractivity contribution in [2.24, 2.45) is 0 Å². The Labute approximate surface area is 110 Å². The number of amides is 1. The fraction of sp³-hybridized carbons (Fsp3) is 0.231. The first kappa shape index (κ1) is 13.1. The highest BCUT2D eigenvalue weighted by atomic mass is 19.1. The monoisotopic (exact) mass is 262 g/mol. The van der Waals surface area contributed by atoms with Crippen LogP contribution in [0.4, 0.5) is 15.8 Å². The van der Waals surface area contributed by atoms with Crippen LogP contribution in [0.25, 0.3) is 0 Å². The summed E-state index contributed by atoms with van der Waals surface area (Å²) in [7, 11) is 1.57. The first-order valence-electron chi connectivity index (χ1n) is 5.95. The van der Waals surface area contributed by atoms with Gasteiger partial charge >= 0.3 is 0 Å². The minimum absolute atomic E-state index is 0.183. The van der Waals surface area contributed by atoms with Gasteiger partial charge in [-0.1, -0.05) is 6.07 Å². The second-order valence-electron chi connectivity index (χ2n) is 3.95. The van der Waals surface area contributed by atoms with Crippen LogP contribution >= 0.6 is 0 Å². The van der Waals surface area contributed by atoms with Crippen LogP contribution in [-0.2, 0) is 6.54 Å². The predicted octanol–water partition coefficient (Wildman–Crippen LogP) is 2.34. The molecule has 0 unspecified atom stereocenters. The van der Waals surface area contributed by atoms with E-state index in [2.05, 4.69) is 15.7 Å². The van der Waals surface area contributed by atoms with Crippen LogP contribution < -0.4 is 10.6 Å². The number of halogens is 1. The Hall–Kier alpha value is -2.37. The SMILES string of the molecule is CCn1cc(NC(=O)c2cccc(F)c2NC)cn1. The number of benzene rings is 1. The molecule has 0 atom stereocenters. The molecular weight excluding hydrogens is 247 g/mol. The average molecular weight is 262 g/mol. The van der Waals surface area contributed by atoms with Gasteiger partial charge in [0.15, 0.2) is 0 Å². The molecule has 5 nitrogen and oxygen atoms in total. The molecule has 1 aromatic carbocycles. The Balaban J connectivity index is 2.22. The maximum Gasteiger partial charge on any atom is 0.257 e. The lowest BCUT2D eigenvalue weighted by atomic mass is 10.1. The summed E-state index contributed by atoms with van der Waals surface area (Å²) < 4.78 is 15.2. The minimum Gasteiger partial charge on any atom is -0.385 e. The Morgan fingerprint density at radius 3 is 2.89 bits per heavy atom. The molecule has 0 fully saturated rings. The van der Waals surface area contributed by atoms with Crippen molar-refractivity contribution >= 4 is 17.3 Å². The molecule has 0 saturated carbocycles. The summed E-state index contributed by atoms with van der Waals surface area (Å²) in [4.78, 5) is 12.1. The van der Waals surface area contributed by atoms with Crippen molar-refractivity contribution in [2.75, 3.05) is 17.7 Å². The van der Waals surface area contributed by atoms with E-state index in [9.17, 15) is 9.18 Å². The molecule has 0 spiro atoms. The summed E-state index contributed by atoms with van der Waals surface area (Å²) >= 11 is 0. The summed E-state index contributed by atoms with van der Waals surface area (Å²) in [6, 6.07) is 4.37. The number of anilines is 2. The molecule has 0 aliphatic rings. The fourth-order valence-electron chi connectivity index (χ4n) is 1.77. The molecule has 100 valence electrons. The van der Waals surface area contributed by atoms with Crippen LogP contribution in [0, 0.1) is 5.82 Å². The number of hydrogen-bond donors (Lipinski definition) is 2. The molecule has 0 aliphatic carbocycles. The molecule has 2 N–H and O–H groups in total. The van der Waals surface area contributed by atoms with Gasteiger partial charge in [-0.15, -0.1) is 0 Å². The maximum absolute atomic E-state index is 13.5. The molecule has 19 heavy (non-hydrogen) atoms. The molecule has 2 rings (SSSR count). The second kappa shape index (κ2) is 5.51.